The number of nitrogens with zero attached hydrogens (tertiary/aromatic N) is 3. The van der Waals surface area contributed by atoms with E-state index in [4.69, 9.17) is 0 Å². The van der Waals surface area contributed by atoms with E-state index < -0.39 is 0 Å². The first-order valence-corrected chi connectivity index (χ1v) is 7.47. The van der Waals surface area contributed by atoms with Gasteiger partial charge in [-0.3, -0.25) is 4.98 Å². The third-order valence-corrected chi connectivity index (χ3v) is 3.41. The van der Waals surface area contributed by atoms with Crippen LogP contribution in [-0.2, 0) is 0 Å². The van der Waals surface area contributed by atoms with Gasteiger partial charge in [0.1, 0.15) is 11.6 Å². The van der Waals surface area contributed by atoms with Crippen LogP contribution in [0.15, 0.2) is 67.5 Å². The monoisotopic (exact) mass is 302 g/mol. The molecule has 1 aromatic carbocycles. The molecule has 0 aliphatic rings. The van der Waals surface area contributed by atoms with E-state index in [0.717, 1.165) is 34.0 Å². The number of nitrogens with one attached hydrogen (secondary N) is 1. The van der Waals surface area contributed by atoms with Crippen molar-refractivity contribution in [3.63, 3.8) is 0 Å². The fourth-order valence-electron chi connectivity index (χ4n) is 2.35. The maximum atomic E-state index is 4.53. The third kappa shape index (κ3) is 3.61. The number of hydrogen-bond donors (Lipinski definition) is 1. The maximum Gasteiger partial charge on any atom is 0.130 e. The molecule has 0 aliphatic heterocycles. The zero-order chi connectivity index (χ0) is 16.1. The van der Waals surface area contributed by atoms with E-state index in [0.29, 0.717) is 6.54 Å². The second kappa shape index (κ2) is 6.83. The predicted octanol–water partition coefficient (Wildman–Crippen LogP) is 4.11. The van der Waals surface area contributed by atoms with Gasteiger partial charge in [-0.2, -0.15) is 0 Å². The second-order valence-electron chi connectivity index (χ2n) is 5.18. The first-order chi connectivity index (χ1) is 11.3. The van der Waals surface area contributed by atoms with Crippen molar-refractivity contribution in [3.05, 3.63) is 73.3 Å². The van der Waals surface area contributed by atoms with Crippen LogP contribution in [0.1, 0.15) is 5.82 Å². The smallest absolute Gasteiger partial charge is 0.130 e. The lowest BCUT2D eigenvalue weighted by atomic mass is 10.0. The van der Waals surface area contributed by atoms with Crippen molar-refractivity contribution >= 4 is 5.82 Å². The van der Waals surface area contributed by atoms with Crippen LogP contribution in [0.4, 0.5) is 5.82 Å². The Morgan fingerprint density at radius 3 is 2.57 bits per heavy atom. The van der Waals surface area contributed by atoms with E-state index in [1.54, 1.807) is 6.08 Å². The molecule has 0 aliphatic carbocycles. The van der Waals surface area contributed by atoms with Crippen LogP contribution < -0.4 is 5.32 Å². The second-order valence-corrected chi connectivity index (χ2v) is 5.18. The molecule has 2 heterocycles. The van der Waals surface area contributed by atoms with Crippen molar-refractivity contribution < 1.29 is 0 Å². The van der Waals surface area contributed by atoms with Crippen molar-refractivity contribution in [2.24, 2.45) is 0 Å². The number of benzene rings is 1. The summed E-state index contributed by atoms with van der Waals surface area (Å²) >= 11 is 0. The summed E-state index contributed by atoms with van der Waals surface area (Å²) in [4.78, 5) is 13.3. The SMILES string of the molecule is C=CCNc1cc(-c2cncc(-c3ccccc3)c2)nc(C)n1. The lowest BCUT2D eigenvalue weighted by Crippen LogP contribution is -2.03. The Balaban J connectivity index is 1.99. The van der Waals surface area contributed by atoms with Crippen LogP contribution >= 0.6 is 0 Å². The predicted molar refractivity (Wildman–Crippen MR) is 94.1 cm³/mol. The minimum Gasteiger partial charge on any atom is -0.366 e. The number of pyridine rings is 1. The molecule has 0 saturated heterocycles. The first kappa shape index (κ1) is 14.9. The fourth-order valence-corrected chi connectivity index (χ4v) is 2.35. The molecule has 23 heavy (non-hydrogen) atoms. The van der Waals surface area contributed by atoms with E-state index >= 15 is 0 Å². The molecule has 2 aromatic heterocycles. The molecule has 0 bridgehead atoms. The van der Waals surface area contributed by atoms with Gasteiger partial charge in [0.2, 0.25) is 0 Å². The Morgan fingerprint density at radius 2 is 1.78 bits per heavy atom. The van der Waals surface area contributed by atoms with Crippen LogP contribution in [0, 0.1) is 6.92 Å². The summed E-state index contributed by atoms with van der Waals surface area (Å²) in [5.41, 5.74) is 4.03. The van der Waals surface area contributed by atoms with E-state index in [-0.39, 0.29) is 0 Å². The summed E-state index contributed by atoms with van der Waals surface area (Å²) in [5.74, 6) is 1.51. The molecule has 4 nitrogen and oxygen atoms in total. The zero-order valence-electron chi connectivity index (χ0n) is 13.0. The van der Waals surface area contributed by atoms with Gasteiger partial charge in [0.05, 0.1) is 5.69 Å². The Bertz CT molecular complexity index is 813. The molecule has 0 atom stereocenters. The highest BCUT2D eigenvalue weighted by Crippen LogP contribution is 2.25. The molecule has 1 N–H and O–H groups in total. The summed E-state index contributed by atoms with van der Waals surface area (Å²) in [6.45, 7) is 6.26. The van der Waals surface area contributed by atoms with E-state index in [1.165, 1.54) is 0 Å². The quantitative estimate of drug-likeness (QED) is 0.721. The normalized spacial score (nSPS) is 10.3. The third-order valence-electron chi connectivity index (χ3n) is 3.41. The number of hydrogen-bond acceptors (Lipinski definition) is 4. The van der Waals surface area contributed by atoms with Crippen LogP contribution in [0.25, 0.3) is 22.4 Å². The summed E-state index contributed by atoms with van der Waals surface area (Å²) in [7, 11) is 0. The van der Waals surface area contributed by atoms with Gasteiger partial charge in [-0.15, -0.1) is 6.58 Å². The van der Waals surface area contributed by atoms with Crippen LogP contribution in [0.3, 0.4) is 0 Å². The van der Waals surface area contributed by atoms with Gasteiger partial charge >= 0.3 is 0 Å². The number of anilines is 1. The molecule has 0 saturated carbocycles. The average molecular weight is 302 g/mol. The lowest BCUT2D eigenvalue weighted by molar-refractivity contribution is 1.05. The molecule has 0 spiro atoms. The number of rotatable bonds is 5. The number of aromatic nitrogens is 3. The Kier molecular flexibility index (Phi) is 4.43. The average Bonchev–Trinajstić information content (AvgIpc) is 2.60. The van der Waals surface area contributed by atoms with Gasteiger partial charge in [0.15, 0.2) is 0 Å². The van der Waals surface area contributed by atoms with Crippen molar-refractivity contribution in [2.45, 2.75) is 6.92 Å². The highest BCUT2D eigenvalue weighted by Gasteiger charge is 2.06. The van der Waals surface area contributed by atoms with Gasteiger partial charge in [-0.05, 0) is 18.6 Å². The minimum atomic E-state index is 0.665. The van der Waals surface area contributed by atoms with Crippen LogP contribution in [0.5, 0.6) is 0 Å². The Morgan fingerprint density at radius 1 is 1.00 bits per heavy atom. The van der Waals surface area contributed by atoms with Gasteiger partial charge in [-0.25, -0.2) is 9.97 Å². The summed E-state index contributed by atoms with van der Waals surface area (Å²) in [5, 5.41) is 3.20. The van der Waals surface area contributed by atoms with Gasteiger partial charge in [0.25, 0.3) is 0 Å². The van der Waals surface area contributed by atoms with Crippen LogP contribution in [-0.4, -0.2) is 21.5 Å². The highest BCUT2D eigenvalue weighted by atomic mass is 15.0. The molecular weight excluding hydrogens is 284 g/mol. The highest BCUT2D eigenvalue weighted by molar-refractivity contribution is 5.71. The summed E-state index contributed by atoms with van der Waals surface area (Å²) in [6.07, 6.45) is 5.49. The van der Waals surface area contributed by atoms with Crippen molar-refractivity contribution in [2.75, 3.05) is 11.9 Å². The first-order valence-electron chi connectivity index (χ1n) is 7.47. The van der Waals surface area contributed by atoms with Crippen LogP contribution in [0.2, 0.25) is 0 Å². The molecule has 114 valence electrons. The maximum absolute atomic E-state index is 4.53. The molecule has 4 heteroatoms. The Labute approximate surface area is 136 Å². The molecule has 0 fully saturated rings. The van der Waals surface area contributed by atoms with Crippen molar-refractivity contribution in [1.29, 1.82) is 0 Å². The topological polar surface area (TPSA) is 50.7 Å². The minimum absolute atomic E-state index is 0.665. The zero-order valence-corrected chi connectivity index (χ0v) is 13.0. The van der Waals surface area contributed by atoms with E-state index in [9.17, 15) is 0 Å². The van der Waals surface area contributed by atoms with Gasteiger partial charge in [0, 0.05) is 36.1 Å². The van der Waals surface area contributed by atoms with Crippen molar-refractivity contribution in [1.82, 2.24) is 15.0 Å². The Hall–Kier alpha value is -3.01. The molecule has 0 amide bonds. The fraction of sp³-hybridized carbons (Fsp3) is 0.105. The molecule has 0 radical (unpaired) electrons. The standard InChI is InChI=1S/C19H18N4/c1-3-9-21-19-11-18(22-14(2)23-19)17-10-16(12-20-13-17)15-7-5-4-6-8-15/h3-8,10-13H,1,9H2,2H3,(H,21,22,23). The number of aryl methyl sites for hydroxylation is 1. The molecule has 0 unspecified atom stereocenters. The lowest BCUT2D eigenvalue weighted by Gasteiger charge is -2.08. The summed E-state index contributed by atoms with van der Waals surface area (Å²) in [6, 6.07) is 14.2. The largest absolute Gasteiger partial charge is 0.366 e. The summed E-state index contributed by atoms with van der Waals surface area (Å²) < 4.78 is 0. The van der Waals surface area contributed by atoms with Crippen molar-refractivity contribution in [3.8, 4) is 22.4 Å². The molecule has 3 aromatic rings. The van der Waals surface area contributed by atoms with Gasteiger partial charge < -0.3 is 5.32 Å². The van der Waals surface area contributed by atoms with E-state index in [2.05, 4.69) is 45.0 Å². The van der Waals surface area contributed by atoms with E-state index in [1.807, 2.05) is 43.6 Å². The van der Waals surface area contributed by atoms with Gasteiger partial charge in [-0.1, -0.05) is 36.4 Å². The molecular formula is C19H18N4. The molecule has 3 rings (SSSR count).